The van der Waals surface area contributed by atoms with Crippen LogP contribution in [0.5, 0.6) is 0 Å². The Kier molecular flexibility index (Phi) is 27.8. The lowest BCUT2D eigenvalue weighted by Crippen LogP contribution is -2.64. The normalized spacial score (nSPS) is 25.2. The van der Waals surface area contributed by atoms with Gasteiger partial charge in [-0.25, -0.2) is 4.57 Å². The zero-order valence-corrected chi connectivity index (χ0v) is 33.1. The lowest BCUT2D eigenvalue weighted by Gasteiger charge is -2.41. The van der Waals surface area contributed by atoms with E-state index in [1.165, 1.54) is 51.0 Å². The molecular formula is C39H72NO12P. The summed E-state index contributed by atoms with van der Waals surface area (Å²) in [5.74, 6) is -0.613. The van der Waals surface area contributed by atoms with Crippen molar-refractivity contribution < 1.29 is 59.0 Å². The average Bonchev–Trinajstić information content (AvgIpc) is 3.12. The van der Waals surface area contributed by atoms with Gasteiger partial charge in [0, 0.05) is 0 Å². The fraction of sp³-hybridized carbons (Fsp3) is 0.821. The van der Waals surface area contributed by atoms with Crippen LogP contribution in [-0.2, 0) is 18.4 Å². The molecule has 0 saturated heterocycles. The Bertz CT molecular complexity index is 1060. The van der Waals surface area contributed by atoms with E-state index in [-0.39, 0.29) is 6.42 Å². The first-order valence-corrected chi connectivity index (χ1v) is 21.5. The Morgan fingerprint density at radius 2 is 1.11 bits per heavy atom. The number of aliphatic hydroxyl groups is 7. The van der Waals surface area contributed by atoms with E-state index < -0.39 is 75.2 Å². The van der Waals surface area contributed by atoms with E-state index in [0.29, 0.717) is 12.8 Å². The molecule has 14 heteroatoms. The Morgan fingerprint density at radius 1 is 0.660 bits per heavy atom. The molecule has 1 fully saturated rings. The summed E-state index contributed by atoms with van der Waals surface area (Å²) in [5.41, 5.74) is 0. The lowest BCUT2D eigenvalue weighted by atomic mass is 9.85. The highest BCUT2D eigenvalue weighted by Crippen LogP contribution is 2.47. The van der Waals surface area contributed by atoms with Gasteiger partial charge < -0.3 is 46.0 Å². The number of amides is 1. The van der Waals surface area contributed by atoms with Crippen molar-refractivity contribution >= 4 is 13.7 Å². The van der Waals surface area contributed by atoms with Crippen LogP contribution in [0.2, 0.25) is 0 Å². The quantitative estimate of drug-likeness (QED) is 0.0257. The minimum atomic E-state index is -5.14. The van der Waals surface area contributed by atoms with Gasteiger partial charge in [-0.2, -0.15) is 0 Å². The third-order valence-electron chi connectivity index (χ3n) is 9.45. The molecule has 8 atom stereocenters. The molecule has 310 valence electrons. The van der Waals surface area contributed by atoms with Gasteiger partial charge in [0.15, 0.2) is 0 Å². The fourth-order valence-electron chi connectivity index (χ4n) is 6.07. The van der Waals surface area contributed by atoms with Gasteiger partial charge in [-0.15, -0.1) is 0 Å². The summed E-state index contributed by atoms with van der Waals surface area (Å²) in [7, 11) is -5.14. The van der Waals surface area contributed by atoms with E-state index in [9.17, 15) is 50.0 Å². The number of rotatable bonds is 31. The predicted molar refractivity (Wildman–Crippen MR) is 206 cm³/mol. The second kappa shape index (κ2) is 29.8. The first kappa shape index (κ1) is 49.5. The number of nitrogens with one attached hydrogen (secondary N) is 1. The number of phosphoric ester groups is 1. The minimum Gasteiger partial charge on any atom is -0.393 e. The van der Waals surface area contributed by atoms with Crippen LogP contribution in [0.15, 0.2) is 36.5 Å². The first-order chi connectivity index (χ1) is 25.3. The van der Waals surface area contributed by atoms with Crippen molar-refractivity contribution in [3.8, 4) is 0 Å². The number of aliphatic hydroxyl groups excluding tert-OH is 7. The molecule has 9 N–H and O–H groups in total. The number of carbonyl (C=O) groups is 1. The van der Waals surface area contributed by atoms with Gasteiger partial charge in [-0.05, 0) is 57.8 Å². The van der Waals surface area contributed by atoms with E-state index in [4.69, 9.17) is 9.05 Å². The summed E-state index contributed by atoms with van der Waals surface area (Å²) >= 11 is 0. The molecule has 0 heterocycles. The summed E-state index contributed by atoms with van der Waals surface area (Å²) in [5, 5.41) is 74.0. The van der Waals surface area contributed by atoms with Gasteiger partial charge in [-0.1, -0.05) is 115 Å². The zero-order valence-electron chi connectivity index (χ0n) is 32.2. The summed E-state index contributed by atoms with van der Waals surface area (Å²) in [6, 6.07) is -1.26. The van der Waals surface area contributed by atoms with Crippen molar-refractivity contribution in [3.63, 3.8) is 0 Å². The van der Waals surface area contributed by atoms with Crippen LogP contribution in [0.4, 0.5) is 0 Å². The highest BCUT2D eigenvalue weighted by molar-refractivity contribution is 7.47. The maximum Gasteiger partial charge on any atom is 0.472 e. The molecule has 0 radical (unpaired) electrons. The average molecular weight is 778 g/mol. The highest BCUT2D eigenvalue weighted by Gasteiger charge is 2.51. The van der Waals surface area contributed by atoms with Gasteiger partial charge in [0.25, 0.3) is 0 Å². The molecule has 13 nitrogen and oxygen atoms in total. The van der Waals surface area contributed by atoms with Crippen LogP contribution in [0.3, 0.4) is 0 Å². The molecule has 0 aromatic rings. The van der Waals surface area contributed by atoms with Gasteiger partial charge >= 0.3 is 7.82 Å². The van der Waals surface area contributed by atoms with Crippen molar-refractivity contribution in [1.82, 2.24) is 5.32 Å². The van der Waals surface area contributed by atoms with Gasteiger partial charge in [0.1, 0.15) is 36.6 Å². The standard InChI is InChI=1S/C39H72NO12P/c1-3-5-7-9-11-13-15-16-17-18-20-22-24-26-30(41)28-33(43)40-31(32(42)27-25-23-21-19-14-12-10-8-6-4-2)29-51-53(49,50)52-39-37(47)35(45)34(44)36(46)38(39)48/h13-15,19,25,27,30-32,34-39,41-42,44-48H,3-12,16-18,20-24,26,28-29H2,1-2H3,(H,40,43)(H,49,50)/b15-13-,19-14+,27-25+. The molecule has 1 aliphatic carbocycles. The summed E-state index contributed by atoms with van der Waals surface area (Å²) in [6.07, 6.45) is 16.9. The fourth-order valence-corrected chi connectivity index (χ4v) is 7.04. The van der Waals surface area contributed by atoms with E-state index in [1.807, 2.05) is 0 Å². The summed E-state index contributed by atoms with van der Waals surface area (Å²) in [6.45, 7) is 3.62. The monoisotopic (exact) mass is 777 g/mol. The highest BCUT2D eigenvalue weighted by atomic mass is 31.2. The topological polar surface area (TPSA) is 226 Å². The molecule has 1 aliphatic rings. The van der Waals surface area contributed by atoms with Crippen LogP contribution < -0.4 is 5.32 Å². The third-order valence-corrected chi connectivity index (χ3v) is 10.4. The Hall–Kier alpha value is -1.48. The Labute approximate surface area is 317 Å². The molecule has 0 aromatic heterocycles. The maximum atomic E-state index is 12.9. The second-order valence-corrected chi connectivity index (χ2v) is 15.7. The first-order valence-electron chi connectivity index (χ1n) is 20.0. The van der Waals surface area contributed by atoms with E-state index in [0.717, 1.165) is 64.2 Å². The van der Waals surface area contributed by atoms with Crippen LogP contribution in [-0.4, -0.2) is 108 Å². The minimum absolute atomic E-state index is 0.259. The lowest BCUT2D eigenvalue weighted by molar-refractivity contribution is -0.220. The smallest absolute Gasteiger partial charge is 0.393 e. The van der Waals surface area contributed by atoms with Gasteiger partial charge in [0.05, 0.1) is 31.3 Å². The molecule has 0 spiro atoms. The predicted octanol–water partition coefficient (Wildman–Crippen LogP) is 5.02. The maximum absolute atomic E-state index is 12.9. The number of unbranched alkanes of at least 4 members (excludes halogenated alkanes) is 14. The number of phosphoric acid groups is 1. The molecule has 1 saturated carbocycles. The largest absolute Gasteiger partial charge is 0.472 e. The summed E-state index contributed by atoms with van der Waals surface area (Å²) < 4.78 is 22.7. The van der Waals surface area contributed by atoms with Crippen molar-refractivity contribution in [2.24, 2.45) is 0 Å². The number of carbonyl (C=O) groups excluding carboxylic acids is 1. The molecule has 0 aliphatic heterocycles. The van der Waals surface area contributed by atoms with Crippen molar-refractivity contribution in [2.45, 2.75) is 197 Å². The van der Waals surface area contributed by atoms with Crippen LogP contribution in [0.25, 0.3) is 0 Å². The zero-order chi connectivity index (χ0) is 39.5. The van der Waals surface area contributed by atoms with E-state index >= 15 is 0 Å². The molecule has 0 aromatic carbocycles. The molecule has 8 unspecified atom stereocenters. The van der Waals surface area contributed by atoms with Crippen molar-refractivity contribution in [3.05, 3.63) is 36.5 Å². The second-order valence-electron chi connectivity index (χ2n) is 14.3. The van der Waals surface area contributed by atoms with Crippen LogP contribution in [0, 0.1) is 0 Å². The third kappa shape index (κ3) is 22.6. The molecule has 0 bridgehead atoms. The molecule has 1 rings (SSSR count). The van der Waals surface area contributed by atoms with Gasteiger partial charge in [-0.3, -0.25) is 13.8 Å². The van der Waals surface area contributed by atoms with Crippen LogP contribution in [0.1, 0.15) is 142 Å². The van der Waals surface area contributed by atoms with Crippen molar-refractivity contribution in [2.75, 3.05) is 6.61 Å². The molecular weight excluding hydrogens is 705 g/mol. The molecule has 53 heavy (non-hydrogen) atoms. The number of hydrogen-bond donors (Lipinski definition) is 9. The Balaban J connectivity index is 2.65. The SMILES string of the molecule is CCCCCC/C=C\CCCCCCCC(O)CC(=O)NC(COP(=O)(O)OC1C(O)C(O)C(O)C(O)C1O)C(O)/C=C/CC/C=C/CCCCCC. The van der Waals surface area contributed by atoms with E-state index in [1.54, 1.807) is 6.08 Å². The van der Waals surface area contributed by atoms with Crippen LogP contribution >= 0.6 is 7.82 Å². The number of allylic oxidation sites excluding steroid dienone is 5. The van der Waals surface area contributed by atoms with Crippen molar-refractivity contribution in [1.29, 1.82) is 0 Å². The van der Waals surface area contributed by atoms with E-state index in [2.05, 4.69) is 43.5 Å². The molecule has 1 amide bonds. The Morgan fingerprint density at radius 3 is 1.66 bits per heavy atom. The van der Waals surface area contributed by atoms with Gasteiger partial charge in [0.2, 0.25) is 5.91 Å². The summed E-state index contributed by atoms with van der Waals surface area (Å²) in [4.78, 5) is 23.3. The number of hydrogen-bond acceptors (Lipinski definition) is 11.